The first kappa shape index (κ1) is 19.2. The highest BCUT2D eigenvalue weighted by Crippen LogP contribution is 2.62. The summed E-state index contributed by atoms with van der Waals surface area (Å²) in [6.07, 6.45) is 7.27. The van der Waals surface area contributed by atoms with Gasteiger partial charge in [0.1, 0.15) is 0 Å². The van der Waals surface area contributed by atoms with E-state index in [1.807, 2.05) is 0 Å². The van der Waals surface area contributed by atoms with E-state index in [1.165, 1.54) is 20.0 Å². The molecule has 1 N–H and O–H groups in total. The van der Waals surface area contributed by atoms with Crippen molar-refractivity contribution in [3.05, 3.63) is 0 Å². The van der Waals surface area contributed by atoms with E-state index in [0.29, 0.717) is 35.5 Å². The number of esters is 1. The Hall–Kier alpha value is -0.570. The van der Waals surface area contributed by atoms with Gasteiger partial charge < -0.3 is 9.84 Å². The largest absolute Gasteiger partial charge is 0.467 e. The van der Waals surface area contributed by atoms with Gasteiger partial charge in [-0.1, -0.05) is 41.0 Å². The quantitative estimate of drug-likeness (QED) is 0.690. The third-order valence-electron chi connectivity index (χ3n) is 9.11. The van der Waals surface area contributed by atoms with Crippen LogP contribution in [0.25, 0.3) is 0 Å². The Kier molecular flexibility index (Phi) is 4.80. The summed E-state index contributed by atoms with van der Waals surface area (Å²) in [5, 5.41) is 11.5. The third-order valence-corrected chi connectivity index (χ3v) is 9.11. The van der Waals surface area contributed by atoms with Crippen LogP contribution < -0.4 is 0 Å². The Labute approximate surface area is 153 Å². The van der Waals surface area contributed by atoms with Crippen molar-refractivity contribution in [2.24, 2.45) is 40.4 Å². The molecule has 2 bridgehead atoms. The molecule has 3 saturated carbocycles. The van der Waals surface area contributed by atoms with Gasteiger partial charge in [-0.2, -0.15) is 0 Å². The summed E-state index contributed by atoms with van der Waals surface area (Å²) in [6, 6.07) is 0. The molecule has 1 unspecified atom stereocenters. The topological polar surface area (TPSA) is 46.5 Å². The lowest BCUT2D eigenvalue weighted by molar-refractivity contribution is -0.208. The predicted octanol–water partition coefficient (Wildman–Crippen LogP) is 4.82. The second-order valence-electron chi connectivity index (χ2n) is 10.3. The van der Waals surface area contributed by atoms with Crippen molar-refractivity contribution in [3.8, 4) is 0 Å². The molecule has 0 aromatic heterocycles. The van der Waals surface area contributed by atoms with Crippen LogP contribution in [0, 0.1) is 40.4 Å². The molecule has 0 spiro atoms. The lowest BCUT2D eigenvalue weighted by Crippen LogP contribution is -2.62. The van der Waals surface area contributed by atoms with Gasteiger partial charge in [0.25, 0.3) is 0 Å². The van der Waals surface area contributed by atoms with Gasteiger partial charge >= 0.3 is 5.97 Å². The molecule has 3 nitrogen and oxygen atoms in total. The summed E-state index contributed by atoms with van der Waals surface area (Å²) < 4.78 is 5.08. The zero-order valence-electron chi connectivity index (χ0n) is 17.1. The number of hydrogen-bond donors (Lipinski definition) is 1. The highest BCUT2D eigenvalue weighted by molar-refractivity contribution is 5.80. The number of carbonyl (C=O) groups is 1. The van der Waals surface area contributed by atoms with Crippen molar-refractivity contribution < 1.29 is 14.6 Å². The molecule has 3 aliphatic carbocycles. The summed E-state index contributed by atoms with van der Waals surface area (Å²) in [7, 11) is 1.42. The fourth-order valence-electron chi connectivity index (χ4n) is 7.16. The van der Waals surface area contributed by atoms with Crippen LogP contribution in [0.1, 0.15) is 79.6 Å². The van der Waals surface area contributed by atoms with E-state index < -0.39 is 11.6 Å². The number of rotatable bonds is 1. The Morgan fingerprint density at radius 2 is 1.60 bits per heavy atom. The number of carbonyl (C=O) groups excluding carboxylic acids is 1. The Balaban J connectivity index is 2.03. The maximum atomic E-state index is 12.6. The van der Waals surface area contributed by atoms with Gasteiger partial charge in [0.05, 0.1) is 7.11 Å². The van der Waals surface area contributed by atoms with Crippen molar-refractivity contribution in [1.29, 1.82) is 0 Å². The first-order valence-electron chi connectivity index (χ1n) is 10.4. The van der Waals surface area contributed by atoms with E-state index in [4.69, 9.17) is 4.74 Å². The Morgan fingerprint density at radius 3 is 2.24 bits per heavy atom. The van der Waals surface area contributed by atoms with Crippen molar-refractivity contribution in [2.45, 2.75) is 85.2 Å². The molecule has 0 aromatic carbocycles. The molecule has 0 heterocycles. The Morgan fingerprint density at radius 1 is 0.960 bits per heavy atom. The standard InChI is InChI=1S/C22H38O3/c1-14-7-8-16-13-18-15(2)9-12-22(24,19(23)25-6)21(18,5)11-10-17(14)20(16,3)4/h14-18,24H,7-13H2,1-6H3/t14-,15-,16+,17+,18-,21+,22?/m1/s1. The average Bonchev–Trinajstić information content (AvgIpc) is 2.55. The van der Waals surface area contributed by atoms with Crippen LogP contribution in [0.2, 0.25) is 0 Å². The molecule has 3 heteroatoms. The minimum Gasteiger partial charge on any atom is -0.467 e. The molecule has 0 saturated heterocycles. The zero-order chi connectivity index (χ0) is 18.6. The summed E-state index contributed by atoms with van der Waals surface area (Å²) in [5.74, 6) is 2.65. The molecular formula is C22H38O3. The SMILES string of the molecule is COC(=O)C1(O)CC[C@@H](C)[C@H]2C[C@@H]3CC[C@@H](C)[C@H](CC[C@@]21C)C3(C)C. The molecule has 7 atom stereocenters. The van der Waals surface area contributed by atoms with Crippen LogP contribution in [-0.4, -0.2) is 23.8 Å². The minimum atomic E-state index is -1.32. The molecule has 0 amide bonds. The van der Waals surface area contributed by atoms with Gasteiger partial charge in [-0.25, -0.2) is 4.79 Å². The molecule has 3 fully saturated rings. The van der Waals surface area contributed by atoms with E-state index in [0.717, 1.165) is 31.6 Å². The summed E-state index contributed by atoms with van der Waals surface area (Å²) >= 11 is 0. The van der Waals surface area contributed by atoms with Gasteiger partial charge in [-0.05, 0) is 73.5 Å². The van der Waals surface area contributed by atoms with E-state index in [1.54, 1.807) is 0 Å². The molecule has 0 aromatic rings. The van der Waals surface area contributed by atoms with E-state index in [-0.39, 0.29) is 5.41 Å². The van der Waals surface area contributed by atoms with E-state index in [2.05, 4.69) is 34.6 Å². The zero-order valence-corrected chi connectivity index (χ0v) is 17.1. The first-order chi connectivity index (χ1) is 11.6. The van der Waals surface area contributed by atoms with Gasteiger partial charge in [-0.3, -0.25) is 0 Å². The van der Waals surface area contributed by atoms with Crippen molar-refractivity contribution in [2.75, 3.05) is 7.11 Å². The van der Waals surface area contributed by atoms with Crippen LogP contribution >= 0.6 is 0 Å². The third kappa shape index (κ3) is 2.67. The monoisotopic (exact) mass is 350 g/mol. The van der Waals surface area contributed by atoms with Crippen LogP contribution in [0.3, 0.4) is 0 Å². The average molecular weight is 351 g/mol. The van der Waals surface area contributed by atoms with Crippen molar-refractivity contribution in [1.82, 2.24) is 0 Å². The van der Waals surface area contributed by atoms with Crippen molar-refractivity contribution >= 4 is 5.97 Å². The van der Waals surface area contributed by atoms with Crippen molar-refractivity contribution in [3.63, 3.8) is 0 Å². The van der Waals surface area contributed by atoms with Gasteiger partial charge in [0.2, 0.25) is 0 Å². The molecule has 0 aliphatic heterocycles. The predicted molar refractivity (Wildman–Crippen MR) is 100.0 cm³/mol. The fraction of sp³-hybridized carbons (Fsp3) is 0.955. The lowest BCUT2D eigenvalue weighted by atomic mass is 9.45. The summed E-state index contributed by atoms with van der Waals surface area (Å²) in [5.41, 5.74) is -1.33. The molecule has 25 heavy (non-hydrogen) atoms. The van der Waals surface area contributed by atoms with E-state index >= 15 is 0 Å². The smallest absolute Gasteiger partial charge is 0.338 e. The number of hydrogen-bond acceptors (Lipinski definition) is 3. The highest BCUT2D eigenvalue weighted by atomic mass is 16.5. The first-order valence-corrected chi connectivity index (χ1v) is 10.4. The number of fused-ring (bicyclic) bond motifs is 3. The van der Waals surface area contributed by atoms with Crippen LogP contribution in [0.5, 0.6) is 0 Å². The molecular weight excluding hydrogens is 312 g/mol. The molecule has 0 radical (unpaired) electrons. The van der Waals surface area contributed by atoms with Gasteiger partial charge in [0, 0.05) is 5.41 Å². The maximum absolute atomic E-state index is 12.6. The van der Waals surface area contributed by atoms with Crippen LogP contribution in [0.4, 0.5) is 0 Å². The minimum absolute atomic E-state index is 0.361. The molecule has 3 aliphatic rings. The van der Waals surface area contributed by atoms with Gasteiger partial charge in [0.15, 0.2) is 5.60 Å². The normalized spacial score (nSPS) is 49.5. The number of aliphatic hydroxyl groups is 1. The second kappa shape index (κ2) is 6.25. The number of methoxy groups -OCH3 is 1. The van der Waals surface area contributed by atoms with E-state index in [9.17, 15) is 9.90 Å². The summed E-state index contributed by atoms with van der Waals surface area (Å²) in [4.78, 5) is 12.6. The number of ether oxygens (including phenoxy) is 1. The maximum Gasteiger partial charge on any atom is 0.338 e. The molecule has 144 valence electrons. The Bertz CT molecular complexity index is 527. The lowest BCUT2D eigenvalue weighted by Gasteiger charge is -2.60. The summed E-state index contributed by atoms with van der Waals surface area (Å²) in [6.45, 7) is 11.9. The fourth-order valence-corrected chi connectivity index (χ4v) is 7.16. The van der Waals surface area contributed by atoms with Crippen LogP contribution in [0.15, 0.2) is 0 Å². The van der Waals surface area contributed by atoms with Gasteiger partial charge in [-0.15, -0.1) is 0 Å². The second-order valence-corrected chi connectivity index (χ2v) is 10.3. The van der Waals surface area contributed by atoms with Crippen LogP contribution in [-0.2, 0) is 9.53 Å². The molecule has 3 rings (SSSR count). The highest BCUT2D eigenvalue weighted by Gasteiger charge is 2.62.